The third-order valence-electron chi connectivity index (χ3n) is 3.04. The van der Waals surface area contributed by atoms with Crippen LogP contribution in [0.25, 0.3) is 0 Å². The predicted octanol–water partition coefficient (Wildman–Crippen LogP) is 2.44. The van der Waals surface area contributed by atoms with E-state index in [1.165, 1.54) is 0 Å². The second-order valence-corrected chi connectivity index (χ2v) is 7.06. The van der Waals surface area contributed by atoms with Crippen molar-refractivity contribution in [2.45, 2.75) is 29.5 Å². The zero-order valence-corrected chi connectivity index (χ0v) is 11.4. The number of carbonyl (C=O) groups excluding carboxylic acids is 1. The van der Waals surface area contributed by atoms with E-state index in [4.69, 9.17) is 10.7 Å². The fourth-order valence-electron chi connectivity index (χ4n) is 1.66. The van der Waals surface area contributed by atoms with Gasteiger partial charge in [0.05, 0.1) is 4.90 Å². The smallest absolute Gasteiger partial charge is 0.338 e. The van der Waals surface area contributed by atoms with Gasteiger partial charge in [0.15, 0.2) is 0 Å². The molecule has 0 spiro atoms. The van der Waals surface area contributed by atoms with E-state index in [0.29, 0.717) is 0 Å². The predicted molar refractivity (Wildman–Crippen MR) is 65.0 cm³/mol. The topological polar surface area (TPSA) is 63.2 Å². The second kappa shape index (κ2) is 4.63. The molecule has 1 aliphatic carbocycles. The number of benzene rings is 1. The minimum Gasteiger partial charge on any atom is -0.338 e. The van der Waals surface area contributed by atoms with Crippen LogP contribution in [0.5, 0.6) is 0 Å². The molecule has 1 aromatic carbocycles. The Morgan fingerprint density at radius 1 is 1.20 bits per heavy atom. The molecular formula is C11H9ClF3NO3S. The van der Waals surface area contributed by atoms with Crippen molar-refractivity contribution in [3.8, 4) is 0 Å². The highest BCUT2D eigenvalue weighted by atomic mass is 35.7. The van der Waals surface area contributed by atoms with Crippen LogP contribution in [-0.2, 0) is 9.05 Å². The molecular weight excluding hydrogens is 319 g/mol. The van der Waals surface area contributed by atoms with Crippen molar-refractivity contribution in [3.05, 3.63) is 29.8 Å². The van der Waals surface area contributed by atoms with Crippen molar-refractivity contribution in [1.82, 2.24) is 5.32 Å². The van der Waals surface area contributed by atoms with Gasteiger partial charge >= 0.3 is 6.18 Å². The Kier molecular flexibility index (Phi) is 3.50. The molecule has 0 bridgehead atoms. The highest BCUT2D eigenvalue weighted by Crippen LogP contribution is 2.49. The summed E-state index contributed by atoms with van der Waals surface area (Å²) in [7, 11) is 1.16. The second-order valence-electron chi connectivity index (χ2n) is 4.50. The van der Waals surface area contributed by atoms with Crippen LogP contribution in [0.3, 0.4) is 0 Å². The first-order valence-electron chi connectivity index (χ1n) is 5.49. The van der Waals surface area contributed by atoms with Crippen molar-refractivity contribution in [2.75, 3.05) is 0 Å². The lowest BCUT2D eigenvalue weighted by molar-refractivity contribution is -0.163. The monoisotopic (exact) mass is 327 g/mol. The summed E-state index contributed by atoms with van der Waals surface area (Å²) in [6, 6.07) is 4.34. The minimum atomic E-state index is -4.50. The molecule has 0 saturated heterocycles. The summed E-state index contributed by atoms with van der Waals surface area (Å²) < 4.78 is 60.0. The number of amides is 1. The number of nitrogens with one attached hydrogen (secondary N) is 1. The molecule has 0 heterocycles. The third kappa shape index (κ3) is 2.90. The molecule has 0 radical (unpaired) electrons. The van der Waals surface area contributed by atoms with Crippen LogP contribution in [-0.4, -0.2) is 26.0 Å². The molecule has 1 N–H and O–H groups in total. The molecule has 0 atom stereocenters. The first-order chi connectivity index (χ1) is 9.05. The maximum absolute atomic E-state index is 12.7. The summed E-state index contributed by atoms with van der Waals surface area (Å²) in [6.07, 6.45) is -4.81. The van der Waals surface area contributed by atoms with Crippen LogP contribution in [0, 0.1) is 0 Å². The van der Waals surface area contributed by atoms with Gasteiger partial charge in [-0.15, -0.1) is 0 Å². The first-order valence-corrected chi connectivity index (χ1v) is 7.80. The maximum atomic E-state index is 12.7. The zero-order valence-electron chi connectivity index (χ0n) is 9.87. The van der Waals surface area contributed by atoms with Crippen LogP contribution in [0.1, 0.15) is 23.2 Å². The first kappa shape index (κ1) is 15.1. The fourth-order valence-corrected chi connectivity index (χ4v) is 2.43. The number of rotatable bonds is 3. The molecule has 0 unspecified atom stereocenters. The van der Waals surface area contributed by atoms with E-state index >= 15 is 0 Å². The van der Waals surface area contributed by atoms with Gasteiger partial charge in [-0.3, -0.25) is 4.79 Å². The third-order valence-corrected chi connectivity index (χ3v) is 4.41. The summed E-state index contributed by atoms with van der Waals surface area (Å²) in [5.41, 5.74) is -2.22. The van der Waals surface area contributed by atoms with Crippen molar-refractivity contribution < 1.29 is 26.4 Å². The number of halogens is 4. The molecule has 1 saturated carbocycles. The van der Waals surface area contributed by atoms with Gasteiger partial charge < -0.3 is 5.32 Å². The molecule has 1 aromatic rings. The van der Waals surface area contributed by atoms with E-state index in [-0.39, 0.29) is 23.3 Å². The summed E-state index contributed by atoms with van der Waals surface area (Å²) in [5, 5.41) is 1.94. The van der Waals surface area contributed by atoms with Crippen LogP contribution in [0.15, 0.2) is 29.2 Å². The Labute approximate surface area is 117 Å². The lowest BCUT2D eigenvalue weighted by atomic mass is 10.2. The molecule has 20 heavy (non-hydrogen) atoms. The highest BCUT2D eigenvalue weighted by molar-refractivity contribution is 8.13. The van der Waals surface area contributed by atoms with Gasteiger partial charge in [-0.2, -0.15) is 13.2 Å². The van der Waals surface area contributed by atoms with E-state index < -0.39 is 26.7 Å². The van der Waals surface area contributed by atoms with Gasteiger partial charge in [-0.05, 0) is 37.1 Å². The summed E-state index contributed by atoms with van der Waals surface area (Å²) in [4.78, 5) is 11.5. The molecule has 1 aliphatic rings. The van der Waals surface area contributed by atoms with Gasteiger partial charge in [0.25, 0.3) is 15.0 Å². The Bertz CT molecular complexity index is 636. The van der Waals surface area contributed by atoms with E-state index in [9.17, 15) is 26.4 Å². The van der Waals surface area contributed by atoms with Crippen LogP contribution < -0.4 is 5.32 Å². The lowest BCUT2D eigenvalue weighted by Gasteiger charge is -2.20. The zero-order chi connectivity index (χ0) is 15.2. The maximum Gasteiger partial charge on any atom is 0.411 e. The Hall–Kier alpha value is -1.28. The number of hydrogen-bond donors (Lipinski definition) is 1. The quantitative estimate of drug-likeness (QED) is 0.867. The molecule has 1 fully saturated rings. The van der Waals surface area contributed by atoms with Crippen LogP contribution in [0.2, 0.25) is 0 Å². The van der Waals surface area contributed by atoms with Crippen molar-refractivity contribution >= 4 is 25.6 Å². The van der Waals surface area contributed by atoms with Crippen molar-refractivity contribution in [3.63, 3.8) is 0 Å². The van der Waals surface area contributed by atoms with Crippen LogP contribution in [0.4, 0.5) is 13.2 Å². The Morgan fingerprint density at radius 3 is 2.05 bits per heavy atom. The van der Waals surface area contributed by atoms with E-state index in [0.717, 1.165) is 24.3 Å². The molecule has 0 aliphatic heterocycles. The van der Waals surface area contributed by atoms with Crippen molar-refractivity contribution in [1.29, 1.82) is 0 Å². The molecule has 1 amide bonds. The Balaban J connectivity index is 2.15. The SMILES string of the molecule is O=C(NC1(C(F)(F)F)CC1)c1ccc(S(=O)(=O)Cl)cc1. The molecule has 4 nitrogen and oxygen atoms in total. The average Bonchev–Trinajstić information content (AvgIpc) is 3.08. The highest BCUT2D eigenvalue weighted by Gasteiger charge is 2.64. The van der Waals surface area contributed by atoms with Gasteiger partial charge in [-0.1, -0.05) is 0 Å². The van der Waals surface area contributed by atoms with Gasteiger partial charge in [0, 0.05) is 16.2 Å². The van der Waals surface area contributed by atoms with E-state index in [2.05, 4.69) is 0 Å². The summed E-state index contributed by atoms with van der Waals surface area (Å²) >= 11 is 0. The minimum absolute atomic E-state index is 0.0652. The standard InChI is InChI=1S/C11H9ClF3NO3S/c12-20(18,19)8-3-1-7(2-4-8)9(17)16-10(5-6-10)11(13,14)15/h1-4H,5-6H2,(H,16,17). The van der Waals surface area contributed by atoms with Crippen molar-refractivity contribution in [2.24, 2.45) is 0 Å². The van der Waals surface area contributed by atoms with Gasteiger partial charge in [0.2, 0.25) is 0 Å². The average molecular weight is 328 g/mol. The number of hydrogen-bond acceptors (Lipinski definition) is 3. The van der Waals surface area contributed by atoms with E-state index in [1.54, 1.807) is 0 Å². The molecule has 9 heteroatoms. The Morgan fingerprint density at radius 2 is 1.70 bits per heavy atom. The summed E-state index contributed by atoms with van der Waals surface area (Å²) in [6.45, 7) is 0. The van der Waals surface area contributed by atoms with E-state index in [1.807, 2.05) is 5.32 Å². The van der Waals surface area contributed by atoms with Gasteiger partial charge in [-0.25, -0.2) is 8.42 Å². The molecule has 2 rings (SSSR count). The molecule has 0 aromatic heterocycles. The normalized spacial score (nSPS) is 17.6. The number of carbonyl (C=O) groups is 1. The van der Waals surface area contributed by atoms with Crippen LogP contribution >= 0.6 is 10.7 Å². The fraction of sp³-hybridized carbons (Fsp3) is 0.364. The molecule has 110 valence electrons. The summed E-state index contributed by atoms with van der Waals surface area (Å²) in [5.74, 6) is -0.904. The van der Waals surface area contributed by atoms with Gasteiger partial charge in [0.1, 0.15) is 5.54 Å². The largest absolute Gasteiger partial charge is 0.411 e. The number of alkyl halides is 3. The lowest BCUT2D eigenvalue weighted by Crippen LogP contribution is -2.47.